The first kappa shape index (κ1) is 25.8. The van der Waals surface area contributed by atoms with Gasteiger partial charge in [0.1, 0.15) is 23.4 Å². The summed E-state index contributed by atoms with van der Waals surface area (Å²) >= 11 is 3.68. The highest BCUT2D eigenvalue weighted by Gasteiger charge is 2.31. The lowest BCUT2D eigenvalue weighted by Gasteiger charge is -2.31. The number of benzene rings is 3. The minimum Gasteiger partial charge on any atom is -0.508 e. The van der Waals surface area contributed by atoms with E-state index in [-0.39, 0.29) is 27.7 Å². The molecule has 1 atom stereocenters. The molecule has 0 saturated carbocycles. The molecule has 188 valence electrons. The number of aromatic hydroxyl groups is 1. The molecule has 3 N–H and O–H groups in total. The van der Waals surface area contributed by atoms with Gasteiger partial charge in [-0.05, 0) is 87.2 Å². The number of aliphatic hydroxyl groups excluding tert-OH is 1. The van der Waals surface area contributed by atoms with Crippen molar-refractivity contribution in [1.29, 1.82) is 0 Å². The van der Waals surface area contributed by atoms with Crippen LogP contribution in [0.3, 0.4) is 0 Å². The maximum atomic E-state index is 13.5. The predicted octanol–water partition coefficient (Wildman–Crippen LogP) is 5.64. The molecule has 3 aromatic carbocycles. The van der Waals surface area contributed by atoms with Gasteiger partial charge in [-0.25, -0.2) is 4.79 Å². The number of phenolic OH excluding ortho intramolecular Hbond substituents is 1. The Morgan fingerprint density at radius 3 is 2.35 bits per heavy atom. The van der Waals surface area contributed by atoms with Crippen LogP contribution in [0.15, 0.2) is 89.1 Å². The highest BCUT2D eigenvalue weighted by molar-refractivity contribution is 14.1. The first-order chi connectivity index (χ1) is 17.5. The van der Waals surface area contributed by atoms with E-state index >= 15 is 0 Å². The zero-order valence-electron chi connectivity index (χ0n) is 18.6. The van der Waals surface area contributed by atoms with Crippen LogP contribution in [0.5, 0.6) is 17.2 Å². The van der Waals surface area contributed by atoms with Crippen molar-refractivity contribution < 1.29 is 37.5 Å². The van der Waals surface area contributed by atoms with Crippen molar-refractivity contribution in [3.8, 4) is 17.2 Å². The highest BCUT2D eigenvalue weighted by Crippen LogP contribution is 2.44. The van der Waals surface area contributed by atoms with Gasteiger partial charge in [0.15, 0.2) is 5.75 Å². The van der Waals surface area contributed by atoms with Gasteiger partial charge in [-0.1, -0.05) is 24.3 Å². The van der Waals surface area contributed by atoms with Gasteiger partial charge in [-0.2, -0.15) is 8.42 Å². The van der Waals surface area contributed by atoms with Gasteiger partial charge in [0.05, 0.1) is 17.6 Å². The van der Waals surface area contributed by atoms with Crippen LogP contribution in [0.2, 0.25) is 0 Å². The molecule has 37 heavy (non-hydrogen) atoms. The fourth-order valence-corrected chi connectivity index (χ4v) is 7.06. The Morgan fingerprint density at radius 1 is 0.946 bits per heavy atom. The normalized spacial score (nSPS) is 16.4. The topological polar surface area (TPSA) is 130 Å². The number of allylic oxidation sites excluding steroid dienone is 1. The van der Waals surface area contributed by atoms with Crippen molar-refractivity contribution in [2.45, 2.75) is 11.0 Å². The Balaban J connectivity index is 1.62. The average molecular weight is 742 g/mol. The van der Waals surface area contributed by atoms with E-state index in [2.05, 4.69) is 0 Å². The van der Waals surface area contributed by atoms with Crippen molar-refractivity contribution in [2.24, 2.45) is 0 Å². The molecule has 0 amide bonds. The largest absolute Gasteiger partial charge is 0.508 e. The SMILES string of the molecule is O=C(Oc1c(I)cc(S(=O)(=O)O)cc1I)c1ccccc1C1=C2C=CC(O)=CC2Oc2cc(O)ccc21. The minimum absolute atomic E-state index is 0.00582. The molecule has 5 rings (SSSR count). The number of ether oxygens (including phenoxy) is 2. The number of aliphatic hydroxyl groups is 1. The lowest BCUT2D eigenvalue weighted by molar-refractivity contribution is 0.0731. The maximum absolute atomic E-state index is 13.5. The molecule has 1 unspecified atom stereocenters. The number of hydrogen-bond donors (Lipinski definition) is 3. The van der Waals surface area contributed by atoms with E-state index in [1.807, 2.05) is 45.2 Å². The molecule has 0 spiro atoms. The van der Waals surface area contributed by atoms with E-state index in [0.29, 0.717) is 35.2 Å². The monoisotopic (exact) mass is 742 g/mol. The van der Waals surface area contributed by atoms with Crippen LogP contribution < -0.4 is 9.47 Å². The summed E-state index contributed by atoms with van der Waals surface area (Å²) in [5.41, 5.74) is 2.80. The van der Waals surface area contributed by atoms with E-state index in [9.17, 15) is 28.0 Å². The zero-order valence-corrected chi connectivity index (χ0v) is 23.7. The first-order valence-electron chi connectivity index (χ1n) is 10.6. The minimum atomic E-state index is -4.43. The molecular weight excluding hydrogens is 726 g/mol. The summed E-state index contributed by atoms with van der Waals surface area (Å²) in [7, 11) is -4.43. The summed E-state index contributed by atoms with van der Waals surface area (Å²) in [6.07, 6.45) is 4.13. The van der Waals surface area contributed by atoms with Crippen LogP contribution >= 0.6 is 45.2 Å². The number of carbonyl (C=O) groups excluding carboxylic acids is 1. The second kappa shape index (κ2) is 9.78. The number of phenols is 1. The van der Waals surface area contributed by atoms with E-state index in [1.54, 1.807) is 36.4 Å². The van der Waals surface area contributed by atoms with Gasteiger partial charge in [0, 0.05) is 28.9 Å². The molecule has 1 aliphatic heterocycles. The molecule has 0 saturated heterocycles. The van der Waals surface area contributed by atoms with Crippen LogP contribution in [0.4, 0.5) is 0 Å². The third-order valence-corrected chi connectivity index (χ3v) is 8.15. The van der Waals surface area contributed by atoms with E-state index < -0.39 is 22.2 Å². The summed E-state index contributed by atoms with van der Waals surface area (Å²) in [6, 6.07) is 14.0. The van der Waals surface area contributed by atoms with Crippen molar-refractivity contribution in [2.75, 3.05) is 0 Å². The molecule has 0 bridgehead atoms. The van der Waals surface area contributed by atoms with Crippen LogP contribution in [-0.4, -0.2) is 35.3 Å². The molecule has 0 radical (unpaired) electrons. The predicted molar refractivity (Wildman–Crippen MR) is 151 cm³/mol. The lowest BCUT2D eigenvalue weighted by Crippen LogP contribution is -2.25. The van der Waals surface area contributed by atoms with Gasteiger partial charge in [0.25, 0.3) is 10.1 Å². The molecule has 11 heteroatoms. The van der Waals surface area contributed by atoms with Crippen molar-refractivity contribution in [3.05, 3.63) is 108 Å². The Kier molecular flexibility index (Phi) is 6.81. The summed E-state index contributed by atoms with van der Waals surface area (Å²) < 4.78 is 44.9. The molecule has 0 aromatic heterocycles. The van der Waals surface area contributed by atoms with Crippen LogP contribution in [0, 0.1) is 7.14 Å². The average Bonchev–Trinajstić information content (AvgIpc) is 2.83. The van der Waals surface area contributed by atoms with Crippen LogP contribution in [0.1, 0.15) is 21.5 Å². The lowest BCUT2D eigenvalue weighted by atomic mass is 9.84. The van der Waals surface area contributed by atoms with Gasteiger partial charge in [-0.3, -0.25) is 4.55 Å². The number of esters is 1. The Labute approximate surface area is 239 Å². The van der Waals surface area contributed by atoms with Crippen LogP contribution in [0.25, 0.3) is 5.57 Å². The standard InChI is InChI=1S/C26H16I2O8S/c27-20-11-15(37(32,33)34)12-21(28)25(20)36-26(31)17-4-2-1-3-16(17)24-18-7-5-13(29)9-22(18)35-23-10-14(30)6-8-19(23)24/h1-12,22,29-30H,(H,32,33,34). The second-order valence-corrected chi connectivity index (χ2v) is 11.8. The van der Waals surface area contributed by atoms with Gasteiger partial charge >= 0.3 is 5.97 Å². The van der Waals surface area contributed by atoms with Crippen molar-refractivity contribution in [1.82, 2.24) is 0 Å². The third-order valence-electron chi connectivity index (χ3n) is 5.72. The van der Waals surface area contributed by atoms with Crippen LogP contribution in [-0.2, 0) is 10.1 Å². The van der Waals surface area contributed by atoms with Gasteiger partial charge in [-0.15, -0.1) is 0 Å². The number of carbonyl (C=O) groups is 1. The molecule has 8 nitrogen and oxygen atoms in total. The highest BCUT2D eigenvalue weighted by atomic mass is 127. The number of fused-ring (bicyclic) bond motifs is 2. The van der Waals surface area contributed by atoms with Gasteiger partial charge in [0.2, 0.25) is 0 Å². The zero-order chi connectivity index (χ0) is 26.5. The number of rotatable bonds is 4. The Bertz CT molecular complexity index is 1650. The fourth-order valence-electron chi connectivity index (χ4n) is 4.11. The van der Waals surface area contributed by atoms with Gasteiger partial charge < -0.3 is 19.7 Å². The molecule has 1 aliphatic carbocycles. The Morgan fingerprint density at radius 2 is 1.65 bits per heavy atom. The third kappa shape index (κ3) is 5.00. The number of hydrogen-bond acceptors (Lipinski definition) is 7. The summed E-state index contributed by atoms with van der Waals surface area (Å²) in [5.74, 6) is -0.100. The fraction of sp³-hybridized carbons (Fsp3) is 0.0385. The van der Waals surface area contributed by atoms with E-state index in [0.717, 1.165) is 0 Å². The van der Waals surface area contributed by atoms with Crippen molar-refractivity contribution >= 4 is 66.8 Å². The van der Waals surface area contributed by atoms with Crippen molar-refractivity contribution in [3.63, 3.8) is 0 Å². The molecule has 3 aromatic rings. The number of halogens is 2. The smallest absolute Gasteiger partial charge is 0.344 e. The molecular formula is C26H16I2O8S. The summed E-state index contributed by atoms with van der Waals surface area (Å²) in [4.78, 5) is 13.2. The second-order valence-electron chi connectivity index (χ2n) is 8.10. The summed E-state index contributed by atoms with van der Waals surface area (Å²) in [5, 5.41) is 20.0. The Hall–Kier alpha value is -2.88. The molecule has 0 fully saturated rings. The molecule has 1 heterocycles. The quantitative estimate of drug-likeness (QED) is 0.136. The first-order valence-corrected chi connectivity index (χ1v) is 14.2. The van der Waals surface area contributed by atoms with E-state index in [4.69, 9.17) is 9.47 Å². The maximum Gasteiger partial charge on any atom is 0.344 e. The molecule has 2 aliphatic rings. The summed E-state index contributed by atoms with van der Waals surface area (Å²) in [6.45, 7) is 0. The van der Waals surface area contributed by atoms with E-state index in [1.165, 1.54) is 36.4 Å².